The number of aliphatic imine (C=N–C) groups is 1. The lowest BCUT2D eigenvalue weighted by Crippen LogP contribution is -2.22. The second-order valence-electron chi connectivity index (χ2n) is 5.84. The molecule has 9 heteroatoms. The monoisotopic (exact) mass is 465 g/mol. The average molecular weight is 465 g/mol. The first-order valence-electron chi connectivity index (χ1n) is 7.61. The van der Waals surface area contributed by atoms with Gasteiger partial charge in [-0.25, -0.2) is 4.99 Å². The van der Waals surface area contributed by atoms with Crippen molar-refractivity contribution in [2.24, 2.45) is 17.8 Å². The number of nitrogens with zero attached hydrogens (tertiary/aromatic N) is 3. The Labute approximate surface area is 160 Å². The Kier molecular flexibility index (Phi) is 5.96. The quantitative estimate of drug-likeness (QED) is 0.415. The summed E-state index contributed by atoms with van der Waals surface area (Å²) in [5, 5.41) is 6.37. The number of halogens is 4. The molecular formula is C16H19F3IN5. The average Bonchev–Trinajstić information content (AvgIpc) is 3.10. The van der Waals surface area contributed by atoms with Crippen LogP contribution in [0.5, 0.6) is 0 Å². The van der Waals surface area contributed by atoms with Crippen LogP contribution in [-0.2, 0) is 32.6 Å². The number of nitrogens with two attached hydrogens (primary N) is 1. The van der Waals surface area contributed by atoms with Crippen molar-refractivity contribution in [2.75, 3.05) is 5.32 Å². The maximum Gasteiger partial charge on any atom is 0.435 e. The second-order valence-corrected chi connectivity index (χ2v) is 5.84. The van der Waals surface area contributed by atoms with Crippen molar-refractivity contribution in [2.45, 2.75) is 32.0 Å². The van der Waals surface area contributed by atoms with E-state index in [2.05, 4.69) is 15.4 Å². The van der Waals surface area contributed by atoms with Crippen LogP contribution in [0.15, 0.2) is 29.4 Å². The number of aromatic nitrogens is 2. The van der Waals surface area contributed by atoms with Crippen LogP contribution < -0.4 is 11.1 Å². The summed E-state index contributed by atoms with van der Waals surface area (Å²) in [5.41, 5.74) is 8.26. The van der Waals surface area contributed by atoms with Crippen molar-refractivity contribution in [1.29, 1.82) is 0 Å². The summed E-state index contributed by atoms with van der Waals surface area (Å²) in [4.78, 5) is 4.00. The van der Waals surface area contributed by atoms with Crippen LogP contribution in [0.25, 0.3) is 0 Å². The molecule has 0 radical (unpaired) electrons. The van der Waals surface area contributed by atoms with Crippen LogP contribution in [-0.4, -0.2) is 15.7 Å². The lowest BCUT2D eigenvalue weighted by molar-refractivity contribution is -0.142. The predicted molar refractivity (Wildman–Crippen MR) is 101 cm³/mol. The zero-order chi connectivity index (χ0) is 17.3. The number of hydrogen-bond donors (Lipinski definition) is 2. The summed E-state index contributed by atoms with van der Waals surface area (Å²) in [6.45, 7) is -0.188. The van der Waals surface area contributed by atoms with Gasteiger partial charge >= 0.3 is 6.18 Å². The first-order valence-corrected chi connectivity index (χ1v) is 7.61. The van der Waals surface area contributed by atoms with E-state index in [4.69, 9.17) is 5.73 Å². The fraction of sp³-hybridized carbons (Fsp3) is 0.375. The Morgan fingerprint density at radius 1 is 1.32 bits per heavy atom. The van der Waals surface area contributed by atoms with E-state index in [1.54, 1.807) is 0 Å². The predicted octanol–water partition coefficient (Wildman–Crippen LogP) is 3.47. The van der Waals surface area contributed by atoms with Crippen LogP contribution in [0.2, 0.25) is 0 Å². The van der Waals surface area contributed by atoms with Crippen LogP contribution in [0, 0.1) is 0 Å². The van der Waals surface area contributed by atoms with Crippen molar-refractivity contribution >= 4 is 35.6 Å². The summed E-state index contributed by atoms with van der Waals surface area (Å²) < 4.78 is 39.8. The van der Waals surface area contributed by atoms with Crippen molar-refractivity contribution in [3.8, 4) is 0 Å². The number of guanidine groups is 1. The molecule has 1 aliphatic carbocycles. The number of hydrogen-bond acceptors (Lipinski definition) is 2. The molecule has 1 heterocycles. The zero-order valence-corrected chi connectivity index (χ0v) is 15.9. The third-order valence-corrected chi connectivity index (χ3v) is 3.96. The molecule has 2 aromatic rings. The number of benzene rings is 1. The summed E-state index contributed by atoms with van der Waals surface area (Å²) in [5.74, 6) is 0.0740. The molecule has 0 fully saturated rings. The van der Waals surface area contributed by atoms with Gasteiger partial charge in [0.15, 0.2) is 11.7 Å². The number of rotatable bonds is 3. The van der Waals surface area contributed by atoms with Gasteiger partial charge in [0.1, 0.15) is 0 Å². The molecule has 3 N–H and O–H groups in total. The molecule has 0 atom stereocenters. The molecule has 0 aliphatic heterocycles. The zero-order valence-electron chi connectivity index (χ0n) is 13.6. The summed E-state index contributed by atoms with van der Waals surface area (Å²) >= 11 is 0. The molecule has 0 saturated carbocycles. The van der Waals surface area contributed by atoms with E-state index in [9.17, 15) is 13.2 Å². The third kappa shape index (κ3) is 4.65. The van der Waals surface area contributed by atoms with E-state index < -0.39 is 11.9 Å². The minimum atomic E-state index is -4.51. The summed E-state index contributed by atoms with van der Waals surface area (Å²) in [7, 11) is 1.44. The van der Waals surface area contributed by atoms with Gasteiger partial charge in [0, 0.05) is 24.5 Å². The van der Waals surface area contributed by atoms with Crippen LogP contribution >= 0.6 is 24.0 Å². The fourth-order valence-electron chi connectivity index (χ4n) is 2.90. The minimum absolute atomic E-state index is 0. The highest BCUT2D eigenvalue weighted by Gasteiger charge is 2.36. The smallest absolute Gasteiger partial charge is 0.370 e. The number of nitrogens with one attached hydrogen (secondary N) is 1. The summed E-state index contributed by atoms with van der Waals surface area (Å²) in [6, 6.07) is 5.95. The lowest BCUT2D eigenvalue weighted by atomic mass is 10.1. The fourth-order valence-corrected chi connectivity index (χ4v) is 2.90. The van der Waals surface area contributed by atoms with Gasteiger partial charge in [0.25, 0.3) is 0 Å². The highest BCUT2D eigenvalue weighted by Crippen LogP contribution is 2.31. The molecule has 0 saturated heterocycles. The maximum absolute atomic E-state index is 12.9. The molecule has 0 unspecified atom stereocenters. The van der Waals surface area contributed by atoms with Gasteiger partial charge < -0.3 is 11.1 Å². The van der Waals surface area contributed by atoms with Crippen molar-refractivity contribution in [3.05, 3.63) is 46.8 Å². The molecule has 0 bridgehead atoms. The molecular weight excluding hydrogens is 446 g/mol. The number of alkyl halides is 3. The van der Waals surface area contributed by atoms with E-state index in [0.29, 0.717) is 0 Å². The van der Waals surface area contributed by atoms with Crippen LogP contribution in [0.3, 0.4) is 0 Å². The first-order chi connectivity index (χ1) is 11.3. The standard InChI is InChI=1S/C16H18F3N5.HI/c1-24-9-12(14(23-24)16(17,18)19)8-21-15(20)22-13-6-5-10-3-2-4-11(10)7-13;/h5-7,9H,2-4,8H2,1H3,(H3,20,21,22);1H. The second kappa shape index (κ2) is 7.63. The number of fused-ring (bicyclic) bond motifs is 1. The molecule has 1 aromatic heterocycles. The highest BCUT2D eigenvalue weighted by molar-refractivity contribution is 14.0. The van der Waals surface area contributed by atoms with E-state index in [1.165, 1.54) is 24.4 Å². The minimum Gasteiger partial charge on any atom is -0.370 e. The topological polar surface area (TPSA) is 68.2 Å². The van der Waals surface area contributed by atoms with Gasteiger partial charge in [-0.05, 0) is 42.5 Å². The molecule has 1 aliphatic rings. The number of aryl methyl sites for hydroxylation is 3. The van der Waals surface area contributed by atoms with E-state index >= 15 is 0 Å². The summed E-state index contributed by atoms with van der Waals surface area (Å²) in [6.07, 6.45) is 0.0554. The molecule has 136 valence electrons. The Hall–Kier alpha value is -1.78. The largest absolute Gasteiger partial charge is 0.435 e. The molecule has 3 rings (SSSR count). The highest BCUT2D eigenvalue weighted by atomic mass is 127. The van der Waals surface area contributed by atoms with Crippen molar-refractivity contribution in [1.82, 2.24) is 9.78 Å². The Morgan fingerprint density at radius 2 is 2.04 bits per heavy atom. The van der Waals surface area contributed by atoms with Gasteiger partial charge in [-0.3, -0.25) is 4.68 Å². The normalized spacial score (nSPS) is 14.2. The maximum atomic E-state index is 12.9. The van der Waals surface area contributed by atoms with Crippen LogP contribution in [0.1, 0.15) is 28.8 Å². The molecule has 0 amide bonds. The first kappa shape index (κ1) is 19.5. The molecule has 5 nitrogen and oxygen atoms in total. The van der Waals surface area contributed by atoms with Crippen molar-refractivity contribution in [3.63, 3.8) is 0 Å². The van der Waals surface area contributed by atoms with E-state index in [-0.39, 0.29) is 42.0 Å². The third-order valence-electron chi connectivity index (χ3n) is 3.96. The van der Waals surface area contributed by atoms with Gasteiger partial charge in [-0.1, -0.05) is 6.07 Å². The van der Waals surface area contributed by atoms with Crippen molar-refractivity contribution < 1.29 is 13.2 Å². The Balaban J connectivity index is 0.00000225. The van der Waals surface area contributed by atoms with E-state index in [0.717, 1.165) is 29.6 Å². The Morgan fingerprint density at radius 3 is 2.76 bits per heavy atom. The lowest BCUT2D eigenvalue weighted by Gasteiger charge is -2.08. The molecule has 25 heavy (non-hydrogen) atoms. The van der Waals surface area contributed by atoms with Gasteiger partial charge in [-0.2, -0.15) is 18.3 Å². The van der Waals surface area contributed by atoms with Gasteiger partial charge in [-0.15, -0.1) is 24.0 Å². The van der Waals surface area contributed by atoms with Gasteiger partial charge in [0.05, 0.1) is 6.54 Å². The van der Waals surface area contributed by atoms with Crippen LogP contribution in [0.4, 0.5) is 18.9 Å². The van der Waals surface area contributed by atoms with E-state index in [1.807, 2.05) is 18.2 Å². The number of anilines is 1. The SMILES string of the molecule is Cn1cc(CN=C(N)Nc2ccc3c(c2)CCC3)c(C(F)(F)F)n1.I. The van der Waals surface area contributed by atoms with Gasteiger partial charge in [0.2, 0.25) is 0 Å². The Bertz CT molecular complexity index is 783. The molecule has 1 aromatic carbocycles. The molecule has 0 spiro atoms.